The molecule has 7 nitrogen and oxygen atoms in total. The largest absolute Gasteiger partial charge is 0.411 e. The number of amides is 1. The van der Waals surface area contributed by atoms with Gasteiger partial charge in [-0.1, -0.05) is 12.1 Å². The van der Waals surface area contributed by atoms with Gasteiger partial charge in [0, 0.05) is 43.1 Å². The maximum Gasteiger partial charge on any atom is 0.269 e. The fourth-order valence-corrected chi connectivity index (χ4v) is 2.26. The van der Waals surface area contributed by atoms with Gasteiger partial charge in [0.1, 0.15) is 0 Å². The zero-order valence-corrected chi connectivity index (χ0v) is 11.0. The van der Waals surface area contributed by atoms with E-state index in [2.05, 4.69) is 5.16 Å². The lowest BCUT2D eigenvalue weighted by Gasteiger charge is -2.31. The number of hydrogen-bond acceptors (Lipinski definition) is 5. The Balaban J connectivity index is 2.10. The van der Waals surface area contributed by atoms with Gasteiger partial charge in [0.15, 0.2) is 0 Å². The lowest BCUT2D eigenvalue weighted by molar-refractivity contribution is -0.384. The van der Waals surface area contributed by atoms with E-state index in [9.17, 15) is 14.9 Å². The van der Waals surface area contributed by atoms with Crippen LogP contribution in [0.25, 0.3) is 0 Å². The number of rotatable bonds is 2. The molecule has 1 unspecified atom stereocenters. The van der Waals surface area contributed by atoms with Crippen LogP contribution in [0, 0.1) is 16.0 Å². The highest BCUT2D eigenvalue weighted by molar-refractivity contribution is 5.96. The quantitative estimate of drug-likeness (QED) is 0.507. The summed E-state index contributed by atoms with van der Waals surface area (Å²) in [5, 5.41) is 22.6. The van der Waals surface area contributed by atoms with Crippen LogP contribution in [0.5, 0.6) is 0 Å². The molecule has 1 atom stereocenters. The van der Waals surface area contributed by atoms with Crippen molar-refractivity contribution in [3.8, 4) is 0 Å². The number of hydrogen-bond donors (Lipinski definition) is 1. The molecule has 0 radical (unpaired) electrons. The molecule has 1 aromatic carbocycles. The molecule has 1 N–H and O–H groups in total. The normalized spacial score (nSPS) is 20.9. The van der Waals surface area contributed by atoms with Crippen molar-refractivity contribution in [1.29, 1.82) is 0 Å². The highest BCUT2D eigenvalue weighted by Gasteiger charge is 2.26. The van der Waals surface area contributed by atoms with E-state index in [1.165, 1.54) is 24.3 Å². The molecule has 106 valence electrons. The molecule has 2 rings (SSSR count). The minimum atomic E-state index is -0.499. The van der Waals surface area contributed by atoms with Gasteiger partial charge in [-0.05, 0) is 12.1 Å². The lowest BCUT2D eigenvalue weighted by Crippen LogP contribution is -2.43. The number of nitrogens with zero attached hydrogens (tertiary/aromatic N) is 3. The summed E-state index contributed by atoms with van der Waals surface area (Å²) in [6.45, 7) is 2.86. The maximum atomic E-state index is 12.3. The Morgan fingerprint density at radius 2 is 2.10 bits per heavy atom. The van der Waals surface area contributed by atoms with E-state index >= 15 is 0 Å². The number of nitro groups is 1. The van der Waals surface area contributed by atoms with Crippen LogP contribution in [-0.2, 0) is 0 Å². The van der Waals surface area contributed by atoms with Gasteiger partial charge < -0.3 is 10.1 Å². The Hall–Kier alpha value is -2.44. The molecule has 1 heterocycles. The third-order valence-corrected chi connectivity index (χ3v) is 3.44. The average Bonchev–Trinajstić information content (AvgIpc) is 2.46. The Morgan fingerprint density at radius 3 is 2.60 bits per heavy atom. The summed E-state index contributed by atoms with van der Waals surface area (Å²) in [6.07, 6.45) is 0.538. The standard InChI is InChI=1S/C13H15N3O4/c1-9-8-15(7-6-12(9)14-18)13(17)10-2-4-11(5-3-10)16(19)20/h2-5,9,18H,6-8H2,1H3/b14-12+. The number of likely N-dealkylation sites (tertiary alicyclic amines) is 1. The second-order valence-corrected chi connectivity index (χ2v) is 4.80. The first-order valence-corrected chi connectivity index (χ1v) is 6.27. The Morgan fingerprint density at radius 1 is 1.45 bits per heavy atom. The summed E-state index contributed by atoms with van der Waals surface area (Å²) in [7, 11) is 0. The van der Waals surface area contributed by atoms with Crippen LogP contribution < -0.4 is 0 Å². The second kappa shape index (κ2) is 5.68. The predicted octanol–water partition coefficient (Wildman–Crippen LogP) is 1.91. The topological polar surface area (TPSA) is 96.0 Å². The van der Waals surface area contributed by atoms with Crippen molar-refractivity contribution in [2.75, 3.05) is 13.1 Å². The van der Waals surface area contributed by atoms with Crippen LogP contribution in [0.1, 0.15) is 23.7 Å². The highest BCUT2D eigenvalue weighted by Crippen LogP contribution is 2.18. The van der Waals surface area contributed by atoms with Crippen molar-refractivity contribution in [2.45, 2.75) is 13.3 Å². The van der Waals surface area contributed by atoms with E-state index in [1.807, 2.05) is 6.92 Å². The smallest absolute Gasteiger partial charge is 0.269 e. The van der Waals surface area contributed by atoms with Crippen molar-refractivity contribution >= 4 is 17.3 Å². The first-order valence-electron chi connectivity index (χ1n) is 6.27. The average molecular weight is 277 g/mol. The van der Waals surface area contributed by atoms with Gasteiger partial charge in [0.05, 0.1) is 10.6 Å². The summed E-state index contributed by atoms with van der Waals surface area (Å²) < 4.78 is 0. The molecule has 7 heteroatoms. The summed E-state index contributed by atoms with van der Waals surface area (Å²) in [5.41, 5.74) is 1.08. The van der Waals surface area contributed by atoms with Gasteiger partial charge in [-0.15, -0.1) is 0 Å². The van der Waals surface area contributed by atoms with Crippen molar-refractivity contribution in [2.24, 2.45) is 11.1 Å². The third kappa shape index (κ3) is 2.76. The minimum absolute atomic E-state index is 0.00995. The predicted molar refractivity (Wildman–Crippen MR) is 72.0 cm³/mol. The molecule has 0 bridgehead atoms. The summed E-state index contributed by atoms with van der Waals surface area (Å²) in [5.74, 6) is -0.153. The number of non-ortho nitro benzene ring substituents is 1. The van der Waals surface area contributed by atoms with Crippen LogP contribution in [0.2, 0.25) is 0 Å². The SMILES string of the molecule is CC1CN(C(=O)c2ccc([N+](=O)[O-])cc2)CC/C1=N\O. The van der Waals surface area contributed by atoms with Crippen LogP contribution in [-0.4, -0.2) is 39.7 Å². The van der Waals surface area contributed by atoms with Gasteiger partial charge >= 0.3 is 0 Å². The van der Waals surface area contributed by atoms with E-state index in [-0.39, 0.29) is 17.5 Å². The lowest BCUT2D eigenvalue weighted by atomic mass is 9.97. The molecule has 0 spiro atoms. The van der Waals surface area contributed by atoms with Crippen LogP contribution >= 0.6 is 0 Å². The minimum Gasteiger partial charge on any atom is -0.411 e. The first kappa shape index (κ1) is 14.0. The summed E-state index contributed by atoms with van der Waals surface area (Å²) in [6, 6.07) is 5.56. The monoisotopic (exact) mass is 277 g/mol. The van der Waals surface area contributed by atoms with E-state index in [0.29, 0.717) is 30.8 Å². The molecule has 1 saturated heterocycles. The Bertz CT molecular complexity index is 553. The molecular weight excluding hydrogens is 262 g/mol. The van der Waals surface area contributed by atoms with E-state index in [4.69, 9.17) is 5.21 Å². The zero-order chi connectivity index (χ0) is 14.7. The second-order valence-electron chi connectivity index (χ2n) is 4.80. The number of carbonyl (C=O) groups excluding carboxylic acids is 1. The number of carbonyl (C=O) groups is 1. The molecule has 1 aliphatic heterocycles. The van der Waals surface area contributed by atoms with Crippen molar-refractivity contribution in [1.82, 2.24) is 4.90 Å². The maximum absolute atomic E-state index is 12.3. The Labute approximate surface area is 115 Å². The molecule has 1 fully saturated rings. The number of piperidine rings is 1. The number of oxime groups is 1. The van der Waals surface area contributed by atoms with Gasteiger partial charge in [0.25, 0.3) is 11.6 Å². The molecular formula is C13H15N3O4. The van der Waals surface area contributed by atoms with Crippen LogP contribution in [0.15, 0.2) is 29.4 Å². The highest BCUT2D eigenvalue weighted by atomic mass is 16.6. The molecule has 1 aliphatic rings. The van der Waals surface area contributed by atoms with Gasteiger partial charge in [-0.2, -0.15) is 0 Å². The van der Waals surface area contributed by atoms with Gasteiger partial charge in [-0.3, -0.25) is 14.9 Å². The van der Waals surface area contributed by atoms with E-state index in [1.54, 1.807) is 4.90 Å². The van der Waals surface area contributed by atoms with E-state index in [0.717, 1.165) is 0 Å². The Kier molecular flexibility index (Phi) is 3.97. The van der Waals surface area contributed by atoms with Crippen LogP contribution in [0.4, 0.5) is 5.69 Å². The van der Waals surface area contributed by atoms with Gasteiger partial charge in [0.2, 0.25) is 0 Å². The molecule has 0 aliphatic carbocycles. The van der Waals surface area contributed by atoms with Crippen molar-refractivity contribution in [3.05, 3.63) is 39.9 Å². The first-order chi connectivity index (χ1) is 9.52. The van der Waals surface area contributed by atoms with Crippen LogP contribution in [0.3, 0.4) is 0 Å². The third-order valence-electron chi connectivity index (χ3n) is 3.44. The number of benzene rings is 1. The number of nitro benzene ring substituents is 1. The fourth-order valence-electron chi connectivity index (χ4n) is 2.26. The summed E-state index contributed by atoms with van der Waals surface area (Å²) >= 11 is 0. The zero-order valence-electron chi connectivity index (χ0n) is 11.0. The molecule has 0 saturated carbocycles. The fraction of sp³-hybridized carbons (Fsp3) is 0.385. The van der Waals surface area contributed by atoms with Gasteiger partial charge in [-0.25, -0.2) is 0 Å². The molecule has 1 aromatic rings. The molecule has 20 heavy (non-hydrogen) atoms. The summed E-state index contributed by atoms with van der Waals surface area (Å²) in [4.78, 5) is 24.0. The van der Waals surface area contributed by atoms with E-state index < -0.39 is 4.92 Å². The van der Waals surface area contributed by atoms with Crippen molar-refractivity contribution in [3.63, 3.8) is 0 Å². The molecule has 0 aromatic heterocycles. The molecule has 1 amide bonds. The van der Waals surface area contributed by atoms with Crippen molar-refractivity contribution < 1.29 is 14.9 Å².